The predicted molar refractivity (Wildman–Crippen MR) is 99.2 cm³/mol. The summed E-state index contributed by atoms with van der Waals surface area (Å²) in [6.45, 7) is 4.70. The van der Waals surface area contributed by atoms with Crippen LogP contribution in [0.15, 0.2) is 59.7 Å². The summed E-state index contributed by atoms with van der Waals surface area (Å²) >= 11 is 0. The highest BCUT2D eigenvalue weighted by Crippen LogP contribution is 2.47. The van der Waals surface area contributed by atoms with Crippen LogP contribution in [0.4, 0.5) is 0 Å². The van der Waals surface area contributed by atoms with Crippen molar-refractivity contribution in [2.24, 2.45) is 10.9 Å². The summed E-state index contributed by atoms with van der Waals surface area (Å²) in [4.78, 5) is 9.11. The fraction of sp³-hybridized carbons (Fsp3) is 0.400. The number of rotatable bonds is 7. The Morgan fingerprint density at radius 3 is 2.71 bits per heavy atom. The average molecular weight is 322 g/mol. The van der Waals surface area contributed by atoms with E-state index in [2.05, 4.69) is 58.9 Å². The zero-order valence-electron chi connectivity index (χ0n) is 14.3. The Hall–Kier alpha value is -2.36. The van der Waals surface area contributed by atoms with Crippen LogP contribution in [0.5, 0.6) is 0 Å². The first-order valence-corrected chi connectivity index (χ1v) is 8.84. The van der Waals surface area contributed by atoms with Gasteiger partial charge >= 0.3 is 0 Å². The molecule has 2 N–H and O–H groups in total. The third kappa shape index (κ3) is 4.82. The average Bonchev–Trinajstić information content (AvgIpc) is 3.41. The number of guanidine groups is 1. The van der Waals surface area contributed by atoms with E-state index < -0.39 is 0 Å². The van der Waals surface area contributed by atoms with Gasteiger partial charge in [0.05, 0.1) is 0 Å². The lowest BCUT2D eigenvalue weighted by Gasteiger charge is -2.11. The van der Waals surface area contributed by atoms with Crippen molar-refractivity contribution in [3.8, 4) is 0 Å². The van der Waals surface area contributed by atoms with E-state index in [1.807, 2.05) is 18.3 Å². The van der Waals surface area contributed by atoms with Gasteiger partial charge in [-0.3, -0.25) is 9.98 Å². The largest absolute Gasteiger partial charge is 0.357 e. The van der Waals surface area contributed by atoms with E-state index >= 15 is 0 Å². The van der Waals surface area contributed by atoms with E-state index in [1.54, 1.807) is 0 Å². The maximum absolute atomic E-state index is 4.76. The fourth-order valence-corrected chi connectivity index (χ4v) is 2.96. The SMILES string of the molecule is CCNC(=NCC1CC1c1ccccc1)NCCc1ccccn1. The summed E-state index contributed by atoms with van der Waals surface area (Å²) in [5.41, 5.74) is 2.55. The Bertz CT molecular complexity index is 639. The highest BCUT2D eigenvalue weighted by Gasteiger charge is 2.37. The molecule has 0 aliphatic heterocycles. The quantitative estimate of drug-likeness (QED) is 0.608. The number of nitrogens with zero attached hydrogens (tertiary/aromatic N) is 2. The maximum atomic E-state index is 4.76. The molecule has 1 saturated carbocycles. The van der Waals surface area contributed by atoms with Gasteiger partial charge in [-0.25, -0.2) is 0 Å². The topological polar surface area (TPSA) is 49.3 Å². The van der Waals surface area contributed by atoms with E-state index in [9.17, 15) is 0 Å². The van der Waals surface area contributed by atoms with Gasteiger partial charge < -0.3 is 10.6 Å². The smallest absolute Gasteiger partial charge is 0.191 e. The molecule has 1 aliphatic carbocycles. The van der Waals surface area contributed by atoms with E-state index in [1.165, 1.54) is 12.0 Å². The predicted octanol–water partition coefficient (Wildman–Crippen LogP) is 2.98. The van der Waals surface area contributed by atoms with E-state index in [0.717, 1.165) is 37.7 Å². The first-order valence-electron chi connectivity index (χ1n) is 8.84. The van der Waals surface area contributed by atoms with Crippen molar-refractivity contribution < 1.29 is 0 Å². The van der Waals surface area contributed by atoms with Gasteiger partial charge in [-0.1, -0.05) is 36.4 Å². The number of hydrogen-bond donors (Lipinski definition) is 2. The molecule has 1 aliphatic rings. The molecule has 0 radical (unpaired) electrons. The normalized spacial score (nSPS) is 19.8. The molecular formula is C20H26N4. The van der Waals surface area contributed by atoms with Gasteiger partial charge in [0.1, 0.15) is 0 Å². The molecule has 2 unspecified atom stereocenters. The van der Waals surface area contributed by atoms with Crippen molar-refractivity contribution in [2.75, 3.05) is 19.6 Å². The lowest BCUT2D eigenvalue weighted by atomic mass is 10.1. The summed E-state index contributed by atoms with van der Waals surface area (Å²) in [5.74, 6) is 2.28. The van der Waals surface area contributed by atoms with Gasteiger partial charge in [-0.2, -0.15) is 0 Å². The fourth-order valence-electron chi connectivity index (χ4n) is 2.96. The summed E-state index contributed by atoms with van der Waals surface area (Å²) < 4.78 is 0. The zero-order valence-corrected chi connectivity index (χ0v) is 14.3. The minimum Gasteiger partial charge on any atom is -0.357 e. The monoisotopic (exact) mass is 322 g/mol. The molecule has 3 rings (SSSR count). The van der Waals surface area contributed by atoms with E-state index in [0.29, 0.717) is 11.8 Å². The number of nitrogens with one attached hydrogen (secondary N) is 2. The molecule has 4 nitrogen and oxygen atoms in total. The second-order valence-corrected chi connectivity index (χ2v) is 6.23. The van der Waals surface area contributed by atoms with Crippen molar-refractivity contribution in [3.05, 3.63) is 66.0 Å². The van der Waals surface area contributed by atoms with Crippen LogP contribution in [0.25, 0.3) is 0 Å². The van der Waals surface area contributed by atoms with Crippen LogP contribution in [-0.2, 0) is 6.42 Å². The summed E-state index contributed by atoms with van der Waals surface area (Å²) in [7, 11) is 0. The van der Waals surface area contributed by atoms with Crippen LogP contribution >= 0.6 is 0 Å². The number of hydrogen-bond acceptors (Lipinski definition) is 2. The summed E-state index contributed by atoms with van der Waals surface area (Å²) in [6.07, 6.45) is 3.99. The van der Waals surface area contributed by atoms with Crippen molar-refractivity contribution in [1.29, 1.82) is 0 Å². The first kappa shape index (κ1) is 16.5. The van der Waals surface area contributed by atoms with Gasteiger partial charge in [-0.15, -0.1) is 0 Å². The Balaban J connectivity index is 1.46. The third-order valence-electron chi connectivity index (χ3n) is 4.38. The van der Waals surface area contributed by atoms with Crippen LogP contribution in [-0.4, -0.2) is 30.6 Å². The molecule has 1 fully saturated rings. The molecule has 126 valence electrons. The summed E-state index contributed by atoms with van der Waals surface area (Å²) in [5, 5.41) is 6.73. The molecule has 1 heterocycles. The molecule has 1 aromatic heterocycles. The van der Waals surface area contributed by atoms with Gasteiger partial charge in [0.2, 0.25) is 0 Å². The number of pyridine rings is 1. The van der Waals surface area contributed by atoms with Crippen LogP contribution < -0.4 is 10.6 Å². The van der Waals surface area contributed by atoms with E-state index in [4.69, 9.17) is 4.99 Å². The molecule has 0 spiro atoms. The highest BCUT2D eigenvalue weighted by atomic mass is 15.2. The zero-order chi connectivity index (χ0) is 16.6. The molecule has 2 aromatic rings. The molecule has 4 heteroatoms. The minimum atomic E-state index is 0.679. The van der Waals surface area contributed by atoms with Gasteiger partial charge in [0.15, 0.2) is 5.96 Å². The molecule has 1 aromatic carbocycles. The number of aliphatic imine (C=N–C) groups is 1. The molecular weight excluding hydrogens is 296 g/mol. The minimum absolute atomic E-state index is 0.679. The number of aromatic nitrogens is 1. The molecule has 0 bridgehead atoms. The standard InChI is InChI=1S/C20H26N4/c1-2-21-20(23-13-11-18-10-6-7-12-22-18)24-15-17-14-19(17)16-8-4-3-5-9-16/h3-10,12,17,19H,2,11,13-15H2,1H3,(H2,21,23,24). The lowest BCUT2D eigenvalue weighted by Crippen LogP contribution is -2.38. The summed E-state index contributed by atoms with van der Waals surface area (Å²) in [6, 6.07) is 16.8. The second kappa shape index (κ2) is 8.48. The van der Waals surface area contributed by atoms with Gasteiger partial charge in [0.25, 0.3) is 0 Å². The molecule has 0 saturated heterocycles. The Kier molecular flexibility index (Phi) is 5.83. The second-order valence-electron chi connectivity index (χ2n) is 6.23. The lowest BCUT2D eigenvalue weighted by molar-refractivity contribution is 0.759. The molecule has 24 heavy (non-hydrogen) atoms. The van der Waals surface area contributed by atoms with Gasteiger partial charge in [0, 0.05) is 37.9 Å². The van der Waals surface area contributed by atoms with E-state index in [-0.39, 0.29) is 0 Å². The highest BCUT2D eigenvalue weighted by molar-refractivity contribution is 5.79. The van der Waals surface area contributed by atoms with Crippen molar-refractivity contribution in [1.82, 2.24) is 15.6 Å². The Morgan fingerprint density at radius 1 is 1.12 bits per heavy atom. The third-order valence-corrected chi connectivity index (χ3v) is 4.38. The van der Waals surface area contributed by atoms with Crippen molar-refractivity contribution in [2.45, 2.75) is 25.7 Å². The molecule has 0 amide bonds. The molecule has 2 atom stereocenters. The first-order chi connectivity index (χ1) is 11.9. The number of benzene rings is 1. The van der Waals surface area contributed by atoms with Crippen molar-refractivity contribution in [3.63, 3.8) is 0 Å². The van der Waals surface area contributed by atoms with Crippen LogP contribution in [0.2, 0.25) is 0 Å². The maximum Gasteiger partial charge on any atom is 0.191 e. The van der Waals surface area contributed by atoms with Crippen LogP contribution in [0.1, 0.15) is 30.5 Å². The van der Waals surface area contributed by atoms with Crippen molar-refractivity contribution >= 4 is 5.96 Å². The Morgan fingerprint density at radius 2 is 1.96 bits per heavy atom. The van der Waals surface area contributed by atoms with Crippen LogP contribution in [0.3, 0.4) is 0 Å². The van der Waals surface area contributed by atoms with Gasteiger partial charge in [-0.05, 0) is 42.9 Å². The Labute approximate surface area is 144 Å². The van der Waals surface area contributed by atoms with Crippen LogP contribution in [0, 0.1) is 5.92 Å².